The van der Waals surface area contributed by atoms with Gasteiger partial charge in [0.15, 0.2) is 0 Å². The van der Waals surface area contributed by atoms with Gasteiger partial charge < -0.3 is 14.0 Å². The molecule has 0 heterocycles. The first-order chi connectivity index (χ1) is 9.56. The molecule has 0 aromatic rings. The van der Waals surface area contributed by atoms with E-state index in [1.807, 2.05) is 0 Å². The molecule has 0 aromatic heterocycles. The molecule has 0 aliphatic rings. The quantitative estimate of drug-likeness (QED) is 0.535. The van der Waals surface area contributed by atoms with E-state index in [-0.39, 0.29) is 0 Å². The van der Waals surface area contributed by atoms with E-state index in [4.69, 9.17) is 0 Å². The van der Waals surface area contributed by atoms with Crippen LogP contribution in [0.5, 0.6) is 0 Å². The summed E-state index contributed by atoms with van der Waals surface area (Å²) in [5, 5.41) is 0. The summed E-state index contributed by atoms with van der Waals surface area (Å²) in [7, 11) is -2.29. The molecular formula is C16H41N3Si2. The van der Waals surface area contributed by atoms with Crippen molar-refractivity contribution in [2.75, 3.05) is 45.8 Å². The highest BCUT2D eigenvalue weighted by molar-refractivity contribution is 6.73. The molecule has 0 bridgehead atoms. The van der Waals surface area contributed by atoms with E-state index in [1.54, 1.807) is 0 Å². The Balaban J connectivity index is 4.35. The Labute approximate surface area is 136 Å². The van der Waals surface area contributed by atoms with Gasteiger partial charge in [-0.25, -0.2) is 0 Å². The van der Waals surface area contributed by atoms with Crippen LogP contribution in [0.3, 0.4) is 0 Å². The fourth-order valence-corrected chi connectivity index (χ4v) is 6.33. The van der Waals surface area contributed by atoms with Gasteiger partial charge >= 0.3 is 0 Å². The monoisotopic (exact) mass is 331 g/mol. The molecule has 0 rings (SSSR count). The summed E-state index contributed by atoms with van der Waals surface area (Å²) in [6.45, 7) is 30.1. The molecule has 0 unspecified atom stereocenters. The van der Waals surface area contributed by atoms with Gasteiger partial charge in [-0.05, 0) is 19.6 Å². The van der Waals surface area contributed by atoms with Crippen molar-refractivity contribution in [1.29, 1.82) is 0 Å². The average Bonchev–Trinajstić information content (AvgIpc) is 2.34. The zero-order valence-electron chi connectivity index (χ0n) is 16.3. The molecule has 128 valence electrons. The first-order valence-corrected chi connectivity index (χ1v) is 15.7. The van der Waals surface area contributed by atoms with E-state index in [2.05, 4.69) is 74.1 Å². The molecule has 0 spiro atoms. The molecule has 0 aliphatic heterocycles. The van der Waals surface area contributed by atoms with Gasteiger partial charge in [0.05, 0.1) is 0 Å². The summed E-state index contributed by atoms with van der Waals surface area (Å²) in [5.74, 6) is 0. The summed E-state index contributed by atoms with van der Waals surface area (Å²) in [6.07, 6.45) is 0. The summed E-state index contributed by atoms with van der Waals surface area (Å²) in [4.78, 5) is 2.63. The van der Waals surface area contributed by atoms with Crippen LogP contribution in [0.15, 0.2) is 0 Å². The van der Waals surface area contributed by atoms with Gasteiger partial charge in [0.2, 0.25) is 0 Å². The summed E-state index contributed by atoms with van der Waals surface area (Å²) >= 11 is 0. The third-order valence-electron chi connectivity index (χ3n) is 4.48. The normalized spacial score (nSPS) is 13.7. The Morgan fingerprint density at radius 1 is 0.524 bits per heavy atom. The highest BCUT2D eigenvalue weighted by atomic mass is 28.3. The van der Waals surface area contributed by atoms with Crippen LogP contribution < -0.4 is 0 Å². The van der Waals surface area contributed by atoms with Crippen LogP contribution in [-0.2, 0) is 0 Å². The number of rotatable bonds is 11. The maximum absolute atomic E-state index is 2.71. The van der Waals surface area contributed by atoms with Crippen molar-refractivity contribution in [2.24, 2.45) is 0 Å². The van der Waals surface area contributed by atoms with Gasteiger partial charge in [-0.15, -0.1) is 0 Å². The van der Waals surface area contributed by atoms with Crippen molar-refractivity contribution in [2.45, 2.75) is 60.1 Å². The van der Waals surface area contributed by atoms with Gasteiger partial charge in [0.25, 0.3) is 0 Å². The highest BCUT2D eigenvalue weighted by Gasteiger charge is 2.24. The van der Waals surface area contributed by atoms with Crippen LogP contribution >= 0.6 is 0 Å². The van der Waals surface area contributed by atoms with Crippen molar-refractivity contribution in [3.8, 4) is 0 Å². The van der Waals surface area contributed by atoms with Gasteiger partial charge in [-0.3, -0.25) is 0 Å². The summed E-state index contributed by atoms with van der Waals surface area (Å²) in [6, 6.07) is 0. The lowest BCUT2D eigenvalue weighted by molar-refractivity contribution is 0.240. The second-order valence-corrected chi connectivity index (χ2v) is 17.9. The van der Waals surface area contributed by atoms with Crippen LogP contribution in [0, 0.1) is 0 Å². The smallest absolute Gasteiger partial charge is 0.119 e. The molecule has 0 atom stereocenters. The number of nitrogens with zero attached hydrogens (tertiary/aromatic N) is 3. The highest BCUT2D eigenvalue weighted by Crippen LogP contribution is 2.10. The third-order valence-corrected chi connectivity index (χ3v) is 9.35. The minimum Gasteiger partial charge on any atom is -0.323 e. The van der Waals surface area contributed by atoms with Crippen molar-refractivity contribution in [3.63, 3.8) is 0 Å². The molecule has 0 saturated heterocycles. The van der Waals surface area contributed by atoms with Crippen LogP contribution in [-0.4, -0.2) is 76.3 Å². The molecule has 0 aliphatic carbocycles. The second kappa shape index (κ2) is 9.45. The Morgan fingerprint density at radius 3 is 1.05 bits per heavy atom. The molecule has 0 aromatic carbocycles. The lowest BCUT2D eigenvalue weighted by atomic mass is 10.4. The largest absolute Gasteiger partial charge is 0.323 e. The fourth-order valence-electron chi connectivity index (χ4n) is 2.89. The van der Waals surface area contributed by atoms with E-state index in [0.29, 0.717) is 0 Å². The molecule has 3 nitrogen and oxygen atoms in total. The Bertz CT molecular complexity index is 246. The molecular weight excluding hydrogens is 290 g/mol. The van der Waals surface area contributed by atoms with Gasteiger partial charge in [0, 0.05) is 26.2 Å². The summed E-state index contributed by atoms with van der Waals surface area (Å²) < 4.78 is 5.43. The van der Waals surface area contributed by atoms with Crippen molar-refractivity contribution >= 4 is 16.5 Å². The second-order valence-electron chi connectivity index (χ2n) is 7.94. The maximum Gasteiger partial charge on any atom is 0.119 e. The lowest BCUT2D eigenvalue weighted by Crippen LogP contribution is -2.51. The summed E-state index contributed by atoms with van der Waals surface area (Å²) in [5.41, 5.74) is 0. The number of likely N-dealkylation sites (N-methyl/N-ethyl adjacent to an activating group) is 3. The topological polar surface area (TPSA) is 9.72 Å². The average molecular weight is 332 g/mol. The number of hydrogen-bond donors (Lipinski definition) is 0. The predicted molar refractivity (Wildman–Crippen MR) is 103 cm³/mol. The Hall–Kier alpha value is 0.314. The maximum atomic E-state index is 2.71. The SMILES string of the molecule is CCN(CCN(CC)[Si](C)(C)C)CCN(CC)[Si](C)(C)C. The molecule has 0 amide bonds. The minimum absolute atomic E-state index is 1.14. The van der Waals surface area contributed by atoms with Crippen molar-refractivity contribution in [3.05, 3.63) is 0 Å². The van der Waals surface area contributed by atoms with Crippen LogP contribution in [0.25, 0.3) is 0 Å². The first kappa shape index (κ1) is 21.3. The predicted octanol–water partition coefficient (Wildman–Crippen LogP) is 3.62. The Kier molecular flexibility index (Phi) is 9.59. The molecule has 21 heavy (non-hydrogen) atoms. The van der Waals surface area contributed by atoms with E-state index >= 15 is 0 Å². The standard InChI is InChI=1S/C16H41N3Si2/c1-10-17(13-15-18(11-2)20(4,5)6)14-16-19(12-3)21(7,8)9/h10-16H2,1-9H3. The zero-order valence-corrected chi connectivity index (χ0v) is 18.3. The fraction of sp³-hybridized carbons (Fsp3) is 1.00. The first-order valence-electron chi connectivity index (χ1n) is 8.78. The molecule has 0 fully saturated rings. The van der Waals surface area contributed by atoms with Crippen LogP contribution in [0.2, 0.25) is 39.3 Å². The van der Waals surface area contributed by atoms with Crippen LogP contribution in [0.4, 0.5) is 0 Å². The zero-order chi connectivity index (χ0) is 16.7. The van der Waals surface area contributed by atoms with E-state index < -0.39 is 16.5 Å². The molecule has 5 heteroatoms. The number of hydrogen-bond acceptors (Lipinski definition) is 3. The van der Waals surface area contributed by atoms with Gasteiger partial charge in [0.1, 0.15) is 16.5 Å². The molecule has 0 N–H and O–H groups in total. The molecule has 0 radical (unpaired) electrons. The Morgan fingerprint density at radius 2 is 0.857 bits per heavy atom. The van der Waals surface area contributed by atoms with Crippen LogP contribution in [0.1, 0.15) is 20.8 Å². The lowest BCUT2D eigenvalue weighted by Gasteiger charge is -2.37. The van der Waals surface area contributed by atoms with E-state index in [0.717, 1.165) is 0 Å². The van der Waals surface area contributed by atoms with Crippen molar-refractivity contribution < 1.29 is 0 Å². The third kappa shape index (κ3) is 8.50. The van der Waals surface area contributed by atoms with E-state index in [9.17, 15) is 0 Å². The van der Waals surface area contributed by atoms with Crippen molar-refractivity contribution in [1.82, 2.24) is 14.0 Å². The van der Waals surface area contributed by atoms with Gasteiger partial charge in [-0.2, -0.15) is 0 Å². The van der Waals surface area contributed by atoms with E-state index in [1.165, 1.54) is 45.8 Å². The minimum atomic E-state index is -1.14. The molecule has 0 saturated carbocycles. The van der Waals surface area contributed by atoms with Gasteiger partial charge in [-0.1, -0.05) is 60.1 Å².